The lowest BCUT2D eigenvalue weighted by atomic mass is 9.95. The number of nitrogens with one attached hydrogen (secondary N) is 2. The van der Waals surface area contributed by atoms with E-state index in [1.165, 1.54) is 4.90 Å². The van der Waals surface area contributed by atoms with E-state index in [1.807, 2.05) is 6.92 Å². The average molecular weight is 416 g/mol. The van der Waals surface area contributed by atoms with Crippen LogP contribution < -0.4 is 15.5 Å². The van der Waals surface area contributed by atoms with Gasteiger partial charge < -0.3 is 15.4 Å². The van der Waals surface area contributed by atoms with Crippen LogP contribution in [-0.4, -0.2) is 59.9 Å². The van der Waals surface area contributed by atoms with E-state index >= 15 is 0 Å². The number of ether oxygens (including phenoxy) is 1. The number of esters is 1. The molecule has 3 rings (SSSR count). The molecule has 0 spiro atoms. The Balaban J connectivity index is 1.57. The third kappa shape index (κ3) is 4.27. The molecule has 10 heteroatoms. The Morgan fingerprint density at radius 2 is 1.93 bits per heavy atom. The van der Waals surface area contributed by atoms with E-state index in [0.29, 0.717) is 17.8 Å². The first kappa shape index (κ1) is 21.3. The number of rotatable bonds is 7. The van der Waals surface area contributed by atoms with Gasteiger partial charge in [0.2, 0.25) is 5.91 Å². The summed E-state index contributed by atoms with van der Waals surface area (Å²) in [4.78, 5) is 63.2. The van der Waals surface area contributed by atoms with Crippen molar-refractivity contribution in [3.05, 3.63) is 24.3 Å². The average Bonchev–Trinajstić information content (AvgIpc) is 2.93. The van der Waals surface area contributed by atoms with Crippen LogP contribution >= 0.6 is 0 Å². The first-order valence-electron chi connectivity index (χ1n) is 9.74. The molecule has 160 valence electrons. The maximum absolute atomic E-state index is 12.6. The second-order valence-corrected chi connectivity index (χ2v) is 7.46. The summed E-state index contributed by atoms with van der Waals surface area (Å²) < 4.78 is 4.98. The number of para-hydroxylation sites is 2. The number of hydrogen-bond donors (Lipinski definition) is 2. The van der Waals surface area contributed by atoms with Gasteiger partial charge in [0, 0.05) is 0 Å². The second-order valence-electron chi connectivity index (χ2n) is 7.46. The molecule has 30 heavy (non-hydrogen) atoms. The van der Waals surface area contributed by atoms with E-state index in [9.17, 15) is 24.0 Å². The first-order chi connectivity index (χ1) is 14.2. The largest absolute Gasteiger partial charge is 0.454 e. The summed E-state index contributed by atoms with van der Waals surface area (Å²) in [6, 6.07) is 6.10. The molecule has 2 aliphatic heterocycles. The van der Waals surface area contributed by atoms with Crippen molar-refractivity contribution >= 4 is 41.1 Å². The van der Waals surface area contributed by atoms with Crippen LogP contribution in [0.5, 0.6) is 0 Å². The number of amides is 5. The summed E-state index contributed by atoms with van der Waals surface area (Å²) in [5.74, 6) is -2.33. The Kier molecular flexibility index (Phi) is 6.04. The Morgan fingerprint density at radius 3 is 2.67 bits per heavy atom. The number of carbonyl (C=O) groups is 5. The maximum Gasteiger partial charge on any atom is 0.326 e. The molecular formula is C20H24N4O6. The fraction of sp³-hybridized carbons (Fsp3) is 0.450. The van der Waals surface area contributed by atoms with Gasteiger partial charge in [-0.3, -0.25) is 29.0 Å². The van der Waals surface area contributed by atoms with Crippen molar-refractivity contribution in [2.75, 3.05) is 29.9 Å². The van der Waals surface area contributed by atoms with Gasteiger partial charge in [-0.05, 0) is 25.5 Å². The zero-order valence-electron chi connectivity index (χ0n) is 16.9. The summed E-state index contributed by atoms with van der Waals surface area (Å²) in [5.41, 5.74) is -0.0632. The van der Waals surface area contributed by atoms with Gasteiger partial charge in [0.25, 0.3) is 11.8 Å². The molecule has 1 fully saturated rings. The van der Waals surface area contributed by atoms with Crippen LogP contribution in [0, 0.1) is 0 Å². The van der Waals surface area contributed by atoms with Crippen molar-refractivity contribution in [2.45, 2.75) is 38.6 Å². The summed E-state index contributed by atoms with van der Waals surface area (Å²) in [5, 5.41) is 5.27. The molecule has 2 heterocycles. The highest BCUT2D eigenvalue weighted by molar-refractivity contribution is 6.11. The third-order valence-corrected chi connectivity index (χ3v) is 5.09. The predicted octanol–water partition coefficient (Wildman–Crippen LogP) is 1.02. The van der Waals surface area contributed by atoms with Crippen LogP contribution in [0.15, 0.2) is 24.3 Å². The van der Waals surface area contributed by atoms with Crippen LogP contribution in [0.1, 0.15) is 33.1 Å². The van der Waals surface area contributed by atoms with Crippen molar-refractivity contribution in [3.8, 4) is 0 Å². The number of benzene rings is 1. The molecule has 2 N–H and O–H groups in total. The zero-order chi connectivity index (χ0) is 21.9. The smallest absolute Gasteiger partial charge is 0.326 e. The monoisotopic (exact) mass is 416 g/mol. The van der Waals surface area contributed by atoms with E-state index in [0.717, 1.165) is 17.7 Å². The Morgan fingerprint density at radius 1 is 1.20 bits per heavy atom. The van der Waals surface area contributed by atoms with Gasteiger partial charge in [0.15, 0.2) is 6.61 Å². The molecule has 1 aromatic rings. The van der Waals surface area contributed by atoms with E-state index in [-0.39, 0.29) is 12.5 Å². The van der Waals surface area contributed by atoms with Gasteiger partial charge in [-0.1, -0.05) is 31.9 Å². The fourth-order valence-corrected chi connectivity index (χ4v) is 3.44. The number of carbonyl (C=O) groups excluding carboxylic acids is 5. The minimum atomic E-state index is -1.05. The van der Waals surface area contributed by atoms with Gasteiger partial charge in [-0.25, -0.2) is 4.79 Å². The van der Waals surface area contributed by atoms with E-state index in [2.05, 4.69) is 10.6 Å². The van der Waals surface area contributed by atoms with E-state index in [4.69, 9.17) is 4.74 Å². The van der Waals surface area contributed by atoms with E-state index in [1.54, 1.807) is 31.2 Å². The maximum atomic E-state index is 12.6. The fourth-order valence-electron chi connectivity index (χ4n) is 3.44. The van der Waals surface area contributed by atoms with Gasteiger partial charge >= 0.3 is 12.0 Å². The highest BCUT2D eigenvalue weighted by Gasteiger charge is 2.47. The van der Waals surface area contributed by atoms with Crippen LogP contribution in [0.25, 0.3) is 0 Å². The van der Waals surface area contributed by atoms with Crippen molar-refractivity contribution in [1.82, 2.24) is 10.2 Å². The lowest BCUT2D eigenvalue weighted by Crippen LogP contribution is -2.45. The highest BCUT2D eigenvalue weighted by Crippen LogP contribution is 2.29. The van der Waals surface area contributed by atoms with Crippen molar-refractivity contribution in [2.24, 2.45) is 0 Å². The molecular weight excluding hydrogens is 392 g/mol. The van der Waals surface area contributed by atoms with E-state index < -0.39 is 42.5 Å². The lowest BCUT2D eigenvalue weighted by molar-refractivity contribution is -0.150. The molecule has 10 nitrogen and oxygen atoms in total. The Hall–Kier alpha value is -3.43. The number of urea groups is 1. The zero-order valence-corrected chi connectivity index (χ0v) is 16.9. The number of unbranched alkanes of at least 4 members (excludes halogenated alkanes) is 1. The first-order valence-corrected chi connectivity index (χ1v) is 9.74. The number of anilines is 2. The summed E-state index contributed by atoms with van der Waals surface area (Å²) in [7, 11) is 0. The molecule has 0 aliphatic carbocycles. The van der Waals surface area contributed by atoms with Crippen LogP contribution in [0.4, 0.5) is 16.2 Å². The molecule has 1 aromatic carbocycles. The summed E-state index contributed by atoms with van der Waals surface area (Å²) in [6.45, 7) is 2.20. The van der Waals surface area contributed by atoms with Crippen LogP contribution in [0.3, 0.4) is 0 Å². The van der Waals surface area contributed by atoms with Crippen molar-refractivity contribution < 1.29 is 28.7 Å². The Labute approximate surface area is 173 Å². The molecule has 2 aliphatic rings. The summed E-state index contributed by atoms with van der Waals surface area (Å²) in [6.07, 6.45) is 2.08. The predicted molar refractivity (Wildman–Crippen MR) is 107 cm³/mol. The second kappa shape index (κ2) is 8.52. The Bertz CT molecular complexity index is 901. The molecule has 0 radical (unpaired) electrons. The molecule has 0 bridgehead atoms. The molecule has 0 unspecified atom stereocenters. The molecule has 0 aromatic heterocycles. The highest BCUT2D eigenvalue weighted by atomic mass is 16.5. The molecule has 5 amide bonds. The van der Waals surface area contributed by atoms with Crippen molar-refractivity contribution in [1.29, 1.82) is 0 Å². The minimum absolute atomic E-state index is 0.198. The van der Waals surface area contributed by atoms with Crippen LogP contribution in [-0.2, 0) is 23.9 Å². The number of fused-ring (bicyclic) bond motifs is 1. The number of hydrogen-bond acceptors (Lipinski definition) is 6. The van der Waals surface area contributed by atoms with Crippen LogP contribution in [0.2, 0.25) is 0 Å². The van der Waals surface area contributed by atoms with Gasteiger partial charge in [-0.2, -0.15) is 0 Å². The minimum Gasteiger partial charge on any atom is -0.454 e. The molecule has 1 atom stereocenters. The summed E-state index contributed by atoms with van der Waals surface area (Å²) >= 11 is 0. The quantitative estimate of drug-likeness (QED) is 0.505. The van der Waals surface area contributed by atoms with Crippen molar-refractivity contribution in [3.63, 3.8) is 0 Å². The van der Waals surface area contributed by atoms with Gasteiger partial charge in [0.1, 0.15) is 18.6 Å². The van der Waals surface area contributed by atoms with Gasteiger partial charge in [-0.15, -0.1) is 0 Å². The normalized spacial score (nSPS) is 20.5. The third-order valence-electron chi connectivity index (χ3n) is 5.09. The molecule has 1 saturated heterocycles. The SMILES string of the molecule is CCCC[C@@]1(C)NC(=O)N(CC(=O)OCC(=O)N2CC(=O)Nc3ccccc32)C1=O. The number of imide groups is 1. The standard InChI is InChI=1S/C20H24N4O6/c1-3-4-9-20(2)18(28)24(19(29)22-20)11-17(27)30-12-16(26)23-10-15(25)21-13-7-5-6-8-14(13)23/h5-8H,3-4,9-12H2,1-2H3,(H,21,25)(H,22,29)/t20-/m1/s1. The molecule has 0 saturated carbocycles. The lowest BCUT2D eigenvalue weighted by Gasteiger charge is -2.28. The number of nitrogens with zero attached hydrogens (tertiary/aromatic N) is 2. The topological polar surface area (TPSA) is 125 Å². The van der Waals surface area contributed by atoms with Gasteiger partial charge in [0.05, 0.1) is 11.4 Å².